The van der Waals surface area contributed by atoms with E-state index in [4.69, 9.17) is 8.83 Å². The summed E-state index contributed by atoms with van der Waals surface area (Å²) in [6, 6.07) is 13.5. The highest BCUT2D eigenvalue weighted by Gasteiger charge is 2.45. The van der Waals surface area contributed by atoms with E-state index in [1.54, 1.807) is 12.5 Å². The zero-order valence-corrected chi connectivity index (χ0v) is 12.4. The highest BCUT2D eigenvalue weighted by molar-refractivity contribution is 5.82. The molecule has 1 aliphatic rings. The Bertz CT molecular complexity index is 793. The van der Waals surface area contributed by atoms with Crippen molar-refractivity contribution in [1.82, 2.24) is 10.3 Å². The zero-order chi connectivity index (χ0) is 15.6. The van der Waals surface area contributed by atoms with Crippen LogP contribution in [0, 0.1) is 5.92 Å². The van der Waals surface area contributed by atoms with Crippen molar-refractivity contribution < 1.29 is 13.6 Å². The van der Waals surface area contributed by atoms with Crippen molar-refractivity contribution in [2.45, 2.75) is 18.9 Å². The Balaban J connectivity index is 1.33. The number of amides is 1. The van der Waals surface area contributed by atoms with Crippen LogP contribution in [0.2, 0.25) is 0 Å². The molecule has 116 valence electrons. The van der Waals surface area contributed by atoms with E-state index in [0.29, 0.717) is 18.2 Å². The first-order chi connectivity index (χ1) is 11.3. The molecule has 1 fully saturated rings. The predicted octanol–water partition coefficient (Wildman–Crippen LogP) is 3.35. The summed E-state index contributed by atoms with van der Waals surface area (Å²) in [6.45, 7) is 0.299. The minimum absolute atomic E-state index is 0.00953. The standard InChI is InChI=1S/C18H16N2O3/c21-18(14-9-13(14)15-7-4-8-22-15)20-11-17-19-10-16(23-17)12-5-2-1-3-6-12/h1-8,10,13-14H,9,11H2,(H,20,21)/t13-,14+/m1/s1. The van der Waals surface area contributed by atoms with Crippen LogP contribution in [-0.4, -0.2) is 10.9 Å². The molecule has 2 atom stereocenters. The van der Waals surface area contributed by atoms with Gasteiger partial charge in [0.2, 0.25) is 11.8 Å². The summed E-state index contributed by atoms with van der Waals surface area (Å²) >= 11 is 0. The summed E-state index contributed by atoms with van der Waals surface area (Å²) in [5.74, 6) is 2.31. The summed E-state index contributed by atoms with van der Waals surface area (Å²) in [6.07, 6.45) is 4.15. The van der Waals surface area contributed by atoms with Crippen molar-refractivity contribution >= 4 is 5.91 Å². The maximum Gasteiger partial charge on any atom is 0.224 e. The minimum atomic E-state index is -0.00953. The lowest BCUT2D eigenvalue weighted by atomic mass is 10.2. The van der Waals surface area contributed by atoms with Gasteiger partial charge in [-0.15, -0.1) is 0 Å². The second-order valence-electron chi connectivity index (χ2n) is 5.67. The molecule has 2 heterocycles. The number of rotatable bonds is 5. The van der Waals surface area contributed by atoms with Crippen LogP contribution in [0.3, 0.4) is 0 Å². The molecular weight excluding hydrogens is 292 g/mol. The summed E-state index contributed by atoms with van der Waals surface area (Å²) < 4.78 is 11.0. The van der Waals surface area contributed by atoms with Crippen LogP contribution in [0.4, 0.5) is 0 Å². The Kier molecular flexibility index (Phi) is 3.46. The second-order valence-corrected chi connectivity index (χ2v) is 5.67. The number of hydrogen-bond donors (Lipinski definition) is 1. The van der Waals surface area contributed by atoms with E-state index in [1.165, 1.54) is 0 Å². The zero-order valence-electron chi connectivity index (χ0n) is 12.4. The van der Waals surface area contributed by atoms with Gasteiger partial charge in [-0.3, -0.25) is 4.79 Å². The SMILES string of the molecule is O=C(NCc1ncc(-c2ccccc2)o1)[C@H]1C[C@H]1c1ccco1. The molecule has 1 amide bonds. The number of aromatic nitrogens is 1. The summed E-state index contributed by atoms with van der Waals surface area (Å²) in [4.78, 5) is 16.4. The monoisotopic (exact) mass is 308 g/mol. The average Bonchev–Trinajstić information content (AvgIpc) is 3.02. The van der Waals surface area contributed by atoms with Crippen molar-refractivity contribution in [3.05, 3.63) is 66.6 Å². The van der Waals surface area contributed by atoms with Gasteiger partial charge in [0.05, 0.1) is 19.0 Å². The fourth-order valence-corrected chi connectivity index (χ4v) is 2.72. The van der Waals surface area contributed by atoms with Crippen molar-refractivity contribution in [2.75, 3.05) is 0 Å². The van der Waals surface area contributed by atoms with E-state index in [2.05, 4.69) is 10.3 Å². The number of carbonyl (C=O) groups excluding carboxylic acids is 1. The Hall–Kier alpha value is -2.82. The molecule has 1 aliphatic carbocycles. The average molecular weight is 308 g/mol. The number of oxazole rings is 1. The van der Waals surface area contributed by atoms with Crippen molar-refractivity contribution in [3.63, 3.8) is 0 Å². The smallest absolute Gasteiger partial charge is 0.224 e. The molecular formula is C18H16N2O3. The molecule has 1 N–H and O–H groups in total. The number of benzene rings is 1. The van der Waals surface area contributed by atoms with Gasteiger partial charge in [0.15, 0.2) is 5.76 Å². The molecule has 5 heteroatoms. The van der Waals surface area contributed by atoms with Gasteiger partial charge >= 0.3 is 0 Å². The van der Waals surface area contributed by atoms with Crippen LogP contribution >= 0.6 is 0 Å². The molecule has 0 unspecified atom stereocenters. The maximum absolute atomic E-state index is 12.1. The van der Waals surface area contributed by atoms with Gasteiger partial charge in [-0.25, -0.2) is 4.98 Å². The Labute approximate surface area is 133 Å². The van der Waals surface area contributed by atoms with Gasteiger partial charge in [0.1, 0.15) is 5.76 Å². The summed E-state index contributed by atoms with van der Waals surface area (Å²) in [5.41, 5.74) is 0.970. The van der Waals surface area contributed by atoms with Crippen LogP contribution in [0.1, 0.15) is 24.0 Å². The molecule has 23 heavy (non-hydrogen) atoms. The topological polar surface area (TPSA) is 68.3 Å². The molecule has 2 aromatic heterocycles. The molecule has 5 nitrogen and oxygen atoms in total. The van der Waals surface area contributed by atoms with Crippen LogP contribution in [0.15, 0.2) is 63.8 Å². The molecule has 4 rings (SSSR count). The molecule has 1 aromatic carbocycles. The quantitative estimate of drug-likeness (QED) is 0.785. The van der Waals surface area contributed by atoms with Crippen LogP contribution in [0.25, 0.3) is 11.3 Å². The third-order valence-electron chi connectivity index (χ3n) is 4.06. The first-order valence-corrected chi connectivity index (χ1v) is 7.62. The van der Waals surface area contributed by atoms with Gasteiger partial charge in [0.25, 0.3) is 0 Å². The number of nitrogens with zero attached hydrogens (tertiary/aromatic N) is 1. The normalized spacial score (nSPS) is 19.5. The summed E-state index contributed by atoms with van der Waals surface area (Å²) in [5, 5.41) is 2.88. The van der Waals surface area contributed by atoms with E-state index in [0.717, 1.165) is 17.7 Å². The molecule has 3 aromatic rings. The van der Waals surface area contributed by atoms with Crippen molar-refractivity contribution in [1.29, 1.82) is 0 Å². The van der Waals surface area contributed by atoms with Crippen molar-refractivity contribution in [2.24, 2.45) is 5.92 Å². The number of carbonyl (C=O) groups is 1. The van der Waals surface area contributed by atoms with E-state index >= 15 is 0 Å². The van der Waals surface area contributed by atoms with Crippen LogP contribution < -0.4 is 5.32 Å². The Morgan fingerprint density at radius 1 is 1.22 bits per heavy atom. The van der Waals surface area contributed by atoms with E-state index in [9.17, 15) is 4.79 Å². The van der Waals surface area contributed by atoms with E-state index < -0.39 is 0 Å². The van der Waals surface area contributed by atoms with Gasteiger partial charge in [-0.1, -0.05) is 30.3 Å². The largest absolute Gasteiger partial charge is 0.469 e. The third-order valence-corrected chi connectivity index (χ3v) is 4.06. The van der Waals surface area contributed by atoms with Gasteiger partial charge in [0, 0.05) is 17.4 Å². The lowest BCUT2D eigenvalue weighted by Gasteiger charge is -2.01. The fraction of sp³-hybridized carbons (Fsp3) is 0.222. The molecule has 0 radical (unpaired) electrons. The Morgan fingerprint density at radius 2 is 2.09 bits per heavy atom. The highest BCUT2D eigenvalue weighted by Crippen LogP contribution is 2.47. The second kappa shape index (κ2) is 5.76. The number of furan rings is 1. The maximum atomic E-state index is 12.1. The lowest BCUT2D eigenvalue weighted by molar-refractivity contribution is -0.122. The molecule has 0 saturated heterocycles. The minimum Gasteiger partial charge on any atom is -0.469 e. The van der Waals surface area contributed by atoms with Crippen LogP contribution in [-0.2, 0) is 11.3 Å². The Morgan fingerprint density at radius 3 is 2.87 bits per heavy atom. The van der Waals surface area contributed by atoms with Gasteiger partial charge in [-0.2, -0.15) is 0 Å². The highest BCUT2D eigenvalue weighted by atomic mass is 16.4. The van der Waals surface area contributed by atoms with E-state index in [1.807, 2.05) is 42.5 Å². The van der Waals surface area contributed by atoms with Gasteiger partial charge < -0.3 is 14.2 Å². The predicted molar refractivity (Wildman–Crippen MR) is 83.3 cm³/mol. The fourth-order valence-electron chi connectivity index (χ4n) is 2.72. The van der Waals surface area contributed by atoms with Crippen molar-refractivity contribution in [3.8, 4) is 11.3 Å². The first kappa shape index (κ1) is 13.8. The number of nitrogens with one attached hydrogen (secondary N) is 1. The van der Waals surface area contributed by atoms with Crippen LogP contribution in [0.5, 0.6) is 0 Å². The lowest BCUT2D eigenvalue weighted by Crippen LogP contribution is -2.24. The molecule has 0 bridgehead atoms. The third kappa shape index (κ3) is 2.90. The number of hydrogen-bond acceptors (Lipinski definition) is 4. The molecule has 0 spiro atoms. The van der Waals surface area contributed by atoms with Gasteiger partial charge in [-0.05, 0) is 18.6 Å². The summed E-state index contributed by atoms with van der Waals surface area (Å²) in [7, 11) is 0. The first-order valence-electron chi connectivity index (χ1n) is 7.62. The van der Waals surface area contributed by atoms with E-state index in [-0.39, 0.29) is 17.7 Å². The molecule has 1 saturated carbocycles. The molecule has 0 aliphatic heterocycles.